The predicted octanol–water partition coefficient (Wildman–Crippen LogP) is 2.80. The molecule has 0 radical (unpaired) electrons. The van der Waals surface area contributed by atoms with E-state index in [2.05, 4.69) is 20.5 Å². The van der Waals surface area contributed by atoms with Crippen LogP contribution < -0.4 is 15.7 Å². The first-order chi connectivity index (χ1) is 18.5. The van der Waals surface area contributed by atoms with Gasteiger partial charge < -0.3 is 10.1 Å². The molecule has 192 valence electrons. The van der Waals surface area contributed by atoms with Crippen LogP contribution in [0.15, 0.2) is 90.2 Å². The van der Waals surface area contributed by atoms with Crippen LogP contribution in [0.4, 0.5) is 4.39 Å². The second-order valence-electron chi connectivity index (χ2n) is 8.51. The van der Waals surface area contributed by atoms with Crippen molar-refractivity contribution < 1.29 is 13.9 Å². The summed E-state index contributed by atoms with van der Waals surface area (Å²) in [4.78, 5) is 30.3. The Balaban J connectivity index is 1.44. The fraction of sp³-hybridized carbons (Fsp3) is 0.148. The van der Waals surface area contributed by atoms with Crippen molar-refractivity contribution in [3.05, 3.63) is 124 Å². The molecular weight excluding hydrogens is 489 g/mol. The van der Waals surface area contributed by atoms with Crippen molar-refractivity contribution in [1.29, 1.82) is 0 Å². The number of hydrogen-bond donors (Lipinski definition) is 1. The third-order valence-corrected chi connectivity index (χ3v) is 5.89. The van der Waals surface area contributed by atoms with E-state index in [1.165, 1.54) is 27.7 Å². The number of rotatable bonds is 9. The number of methoxy groups -OCH3 is 1. The van der Waals surface area contributed by atoms with E-state index in [4.69, 9.17) is 4.74 Å². The first-order valence-corrected chi connectivity index (χ1v) is 11.8. The fourth-order valence-corrected chi connectivity index (χ4v) is 3.87. The lowest BCUT2D eigenvalue weighted by molar-refractivity contribution is 0.0940. The third-order valence-electron chi connectivity index (χ3n) is 5.89. The second kappa shape index (κ2) is 10.9. The van der Waals surface area contributed by atoms with E-state index in [9.17, 15) is 14.0 Å². The summed E-state index contributed by atoms with van der Waals surface area (Å²) in [6.07, 6.45) is 4.69. The van der Waals surface area contributed by atoms with Crippen molar-refractivity contribution in [2.75, 3.05) is 7.11 Å². The number of aromatic nitrogens is 6. The van der Waals surface area contributed by atoms with E-state index in [-0.39, 0.29) is 42.9 Å². The summed E-state index contributed by atoms with van der Waals surface area (Å²) in [5.41, 5.74) is 2.30. The summed E-state index contributed by atoms with van der Waals surface area (Å²) in [6.45, 7) is 0.737. The SMILES string of the molecule is COc1ccc(Cn2nc(-n3cnn(Cc4ccc(F)cc4)c3=O)cc2C(=O)NCc2cccnc2)cc1. The van der Waals surface area contributed by atoms with E-state index in [0.29, 0.717) is 5.75 Å². The minimum atomic E-state index is -0.439. The molecule has 3 aromatic heterocycles. The number of pyridine rings is 1. The minimum absolute atomic E-state index is 0.164. The van der Waals surface area contributed by atoms with Gasteiger partial charge in [-0.3, -0.25) is 14.5 Å². The van der Waals surface area contributed by atoms with E-state index in [0.717, 1.165) is 16.7 Å². The topological polar surface area (TPSA) is 109 Å². The molecule has 5 aromatic rings. The minimum Gasteiger partial charge on any atom is -0.497 e. The van der Waals surface area contributed by atoms with Gasteiger partial charge in [0.15, 0.2) is 5.82 Å². The lowest BCUT2D eigenvalue weighted by Gasteiger charge is -2.09. The number of carbonyl (C=O) groups excluding carboxylic acids is 1. The van der Waals surface area contributed by atoms with Crippen LogP contribution in [0.1, 0.15) is 27.2 Å². The molecule has 2 aromatic carbocycles. The summed E-state index contributed by atoms with van der Waals surface area (Å²) in [6, 6.07) is 18.5. The van der Waals surface area contributed by atoms with Crippen molar-refractivity contribution in [1.82, 2.24) is 34.4 Å². The average molecular weight is 514 g/mol. The first kappa shape index (κ1) is 24.6. The Morgan fingerprint density at radius 3 is 2.37 bits per heavy atom. The summed E-state index contributed by atoms with van der Waals surface area (Å²) >= 11 is 0. The number of benzene rings is 2. The molecule has 1 amide bonds. The molecule has 3 heterocycles. The van der Waals surface area contributed by atoms with Crippen LogP contribution >= 0.6 is 0 Å². The van der Waals surface area contributed by atoms with Gasteiger partial charge in [0.25, 0.3) is 5.91 Å². The van der Waals surface area contributed by atoms with E-state index in [1.807, 2.05) is 30.3 Å². The Morgan fingerprint density at radius 1 is 0.974 bits per heavy atom. The molecular formula is C27H24FN7O3. The molecule has 0 saturated carbocycles. The number of amides is 1. The molecule has 10 nitrogen and oxygen atoms in total. The fourth-order valence-electron chi connectivity index (χ4n) is 3.87. The number of ether oxygens (including phenoxy) is 1. The van der Waals surface area contributed by atoms with E-state index >= 15 is 0 Å². The maximum atomic E-state index is 13.2. The summed E-state index contributed by atoms with van der Waals surface area (Å²) < 4.78 is 22.5. The molecule has 11 heteroatoms. The highest BCUT2D eigenvalue weighted by atomic mass is 19.1. The molecule has 0 aliphatic rings. The number of halogens is 1. The van der Waals surface area contributed by atoms with Crippen LogP contribution in [-0.4, -0.2) is 42.1 Å². The van der Waals surface area contributed by atoms with Crippen LogP contribution in [0.5, 0.6) is 5.75 Å². The molecule has 5 rings (SSSR count). The number of nitrogens with zero attached hydrogens (tertiary/aromatic N) is 6. The Morgan fingerprint density at radius 2 is 1.68 bits per heavy atom. The van der Waals surface area contributed by atoms with Crippen molar-refractivity contribution >= 4 is 5.91 Å². The largest absolute Gasteiger partial charge is 0.497 e. The molecule has 0 atom stereocenters. The maximum Gasteiger partial charge on any atom is 0.351 e. The van der Waals surface area contributed by atoms with Crippen molar-refractivity contribution in [3.8, 4) is 11.6 Å². The van der Waals surface area contributed by atoms with Gasteiger partial charge in [0, 0.05) is 25.0 Å². The van der Waals surface area contributed by atoms with Crippen molar-refractivity contribution in [2.24, 2.45) is 0 Å². The highest BCUT2D eigenvalue weighted by molar-refractivity contribution is 5.93. The van der Waals surface area contributed by atoms with Crippen LogP contribution in [0.25, 0.3) is 5.82 Å². The van der Waals surface area contributed by atoms with Gasteiger partial charge in [-0.2, -0.15) is 10.2 Å². The van der Waals surface area contributed by atoms with Gasteiger partial charge in [-0.05, 0) is 47.0 Å². The standard InChI is InChI=1S/C27H24FN7O3/c1-38-23-10-6-20(7-11-23)16-34-24(26(36)30-15-21-3-2-12-29-14-21)13-25(32-34)33-18-31-35(27(33)37)17-19-4-8-22(28)9-5-19/h2-14,18H,15-17H2,1H3,(H,30,36). The molecule has 0 fully saturated rings. The van der Waals surface area contributed by atoms with Crippen LogP contribution in [0.3, 0.4) is 0 Å². The molecule has 0 unspecified atom stereocenters. The first-order valence-electron chi connectivity index (χ1n) is 11.8. The maximum absolute atomic E-state index is 13.2. The Kier molecular flexibility index (Phi) is 7.07. The van der Waals surface area contributed by atoms with Gasteiger partial charge >= 0.3 is 5.69 Å². The molecule has 1 N–H and O–H groups in total. The lowest BCUT2D eigenvalue weighted by atomic mass is 10.2. The van der Waals surface area contributed by atoms with E-state index < -0.39 is 5.69 Å². The van der Waals surface area contributed by atoms with Gasteiger partial charge in [0.05, 0.1) is 20.2 Å². The zero-order valence-electron chi connectivity index (χ0n) is 20.5. The lowest BCUT2D eigenvalue weighted by Crippen LogP contribution is -2.26. The molecule has 0 saturated heterocycles. The van der Waals surface area contributed by atoms with Crippen molar-refractivity contribution in [3.63, 3.8) is 0 Å². The second-order valence-corrected chi connectivity index (χ2v) is 8.51. The Bertz CT molecular complexity index is 1590. The predicted molar refractivity (Wildman–Crippen MR) is 137 cm³/mol. The summed E-state index contributed by atoms with van der Waals surface area (Å²) in [5.74, 6) is 0.251. The van der Waals surface area contributed by atoms with Crippen molar-refractivity contribution in [2.45, 2.75) is 19.6 Å². The molecule has 0 bridgehead atoms. The highest BCUT2D eigenvalue weighted by Gasteiger charge is 2.19. The Labute approximate surface area is 217 Å². The number of nitrogens with one attached hydrogen (secondary N) is 1. The van der Waals surface area contributed by atoms with Gasteiger partial charge in [-0.25, -0.2) is 18.4 Å². The molecule has 0 aliphatic heterocycles. The monoisotopic (exact) mass is 513 g/mol. The van der Waals surface area contributed by atoms with Crippen LogP contribution in [-0.2, 0) is 19.6 Å². The summed E-state index contributed by atoms with van der Waals surface area (Å²) in [5, 5.41) is 11.6. The zero-order valence-corrected chi connectivity index (χ0v) is 20.5. The van der Waals surface area contributed by atoms with Gasteiger partial charge in [0.1, 0.15) is 23.6 Å². The van der Waals surface area contributed by atoms with Gasteiger partial charge in [-0.15, -0.1) is 0 Å². The third kappa shape index (κ3) is 5.51. The quantitative estimate of drug-likeness (QED) is 0.325. The molecule has 0 aliphatic carbocycles. The number of hydrogen-bond acceptors (Lipinski definition) is 6. The van der Waals surface area contributed by atoms with Crippen LogP contribution in [0, 0.1) is 5.82 Å². The Hall–Kier alpha value is -5.06. The number of carbonyl (C=O) groups is 1. The smallest absolute Gasteiger partial charge is 0.351 e. The average Bonchev–Trinajstić information content (AvgIpc) is 3.52. The molecule has 38 heavy (non-hydrogen) atoms. The normalized spacial score (nSPS) is 10.9. The molecule has 0 spiro atoms. The summed E-state index contributed by atoms with van der Waals surface area (Å²) in [7, 11) is 1.59. The van der Waals surface area contributed by atoms with Gasteiger partial charge in [0.2, 0.25) is 0 Å². The van der Waals surface area contributed by atoms with Gasteiger partial charge in [-0.1, -0.05) is 30.3 Å². The zero-order chi connectivity index (χ0) is 26.5. The highest BCUT2D eigenvalue weighted by Crippen LogP contribution is 2.15. The van der Waals surface area contributed by atoms with E-state index in [1.54, 1.807) is 48.5 Å². The van der Waals surface area contributed by atoms with Crippen LogP contribution in [0.2, 0.25) is 0 Å².